The van der Waals surface area contributed by atoms with Gasteiger partial charge in [-0.3, -0.25) is 0 Å². The first kappa shape index (κ1) is 19.7. The SMILES string of the molecule is CCNC(=NCC(C)(O)c1ccco1)NCCc1cnn(-c2ccccc2)c1. The van der Waals surface area contributed by atoms with E-state index in [4.69, 9.17) is 4.42 Å². The zero-order valence-electron chi connectivity index (χ0n) is 16.3. The number of aliphatic imine (C=N–C) groups is 1. The summed E-state index contributed by atoms with van der Waals surface area (Å²) in [7, 11) is 0. The van der Waals surface area contributed by atoms with Crippen molar-refractivity contribution in [2.45, 2.75) is 25.9 Å². The van der Waals surface area contributed by atoms with E-state index in [0.29, 0.717) is 18.3 Å². The van der Waals surface area contributed by atoms with Crippen molar-refractivity contribution in [2.24, 2.45) is 4.99 Å². The molecule has 0 aliphatic heterocycles. The van der Waals surface area contributed by atoms with Gasteiger partial charge in [0, 0.05) is 19.3 Å². The molecule has 7 nitrogen and oxygen atoms in total. The van der Waals surface area contributed by atoms with Crippen molar-refractivity contribution < 1.29 is 9.52 Å². The number of benzene rings is 1. The average molecular weight is 381 g/mol. The van der Waals surface area contributed by atoms with Crippen LogP contribution in [0.2, 0.25) is 0 Å². The predicted octanol–water partition coefficient (Wildman–Crippen LogP) is 2.47. The van der Waals surface area contributed by atoms with Crippen LogP contribution in [0.5, 0.6) is 0 Å². The van der Waals surface area contributed by atoms with Crippen molar-refractivity contribution in [2.75, 3.05) is 19.6 Å². The summed E-state index contributed by atoms with van der Waals surface area (Å²) >= 11 is 0. The quantitative estimate of drug-likeness (QED) is 0.412. The van der Waals surface area contributed by atoms with Gasteiger partial charge in [-0.25, -0.2) is 9.67 Å². The van der Waals surface area contributed by atoms with Gasteiger partial charge in [0.1, 0.15) is 11.4 Å². The molecule has 1 atom stereocenters. The average Bonchev–Trinajstić information content (AvgIpc) is 3.39. The molecule has 0 amide bonds. The summed E-state index contributed by atoms with van der Waals surface area (Å²) in [5.74, 6) is 1.16. The lowest BCUT2D eigenvalue weighted by Crippen LogP contribution is -2.39. The molecule has 2 aromatic heterocycles. The number of hydrogen-bond donors (Lipinski definition) is 3. The minimum absolute atomic E-state index is 0.196. The van der Waals surface area contributed by atoms with Crippen molar-refractivity contribution in [3.8, 4) is 5.69 Å². The molecule has 7 heteroatoms. The minimum Gasteiger partial charge on any atom is -0.466 e. The molecular weight excluding hydrogens is 354 g/mol. The first-order chi connectivity index (χ1) is 13.6. The minimum atomic E-state index is -1.15. The molecule has 0 spiro atoms. The van der Waals surface area contributed by atoms with E-state index in [2.05, 4.69) is 20.7 Å². The number of rotatable bonds is 8. The van der Waals surface area contributed by atoms with Gasteiger partial charge in [-0.05, 0) is 50.1 Å². The van der Waals surface area contributed by atoms with Gasteiger partial charge in [0.2, 0.25) is 0 Å². The maximum Gasteiger partial charge on any atom is 0.191 e. The Labute approximate surface area is 165 Å². The molecule has 0 saturated heterocycles. The summed E-state index contributed by atoms with van der Waals surface area (Å²) in [6.07, 6.45) is 6.27. The zero-order chi connectivity index (χ0) is 19.8. The van der Waals surface area contributed by atoms with Crippen LogP contribution in [-0.2, 0) is 12.0 Å². The van der Waals surface area contributed by atoms with Gasteiger partial charge in [0.15, 0.2) is 5.96 Å². The predicted molar refractivity (Wildman–Crippen MR) is 110 cm³/mol. The Bertz CT molecular complexity index is 869. The van der Waals surface area contributed by atoms with Crippen LogP contribution in [0.3, 0.4) is 0 Å². The maximum atomic E-state index is 10.5. The Morgan fingerprint density at radius 2 is 2.04 bits per heavy atom. The van der Waals surface area contributed by atoms with Gasteiger partial charge >= 0.3 is 0 Å². The van der Waals surface area contributed by atoms with Gasteiger partial charge < -0.3 is 20.2 Å². The lowest BCUT2D eigenvalue weighted by atomic mass is 10.0. The summed E-state index contributed by atoms with van der Waals surface area (Å²) in [5.41, 5.74) is 1.02. The topological polar surface area (TPSA) is 87.6 Å². The second kappa shape index (κ2) is 9.23. The molecule has 0 aliphatic carbocycles. The Morgan fingerprint density at radius 3 is 2.75 bits per heavy atom. The fraction of sp³-hybridized carbons (Fsp3) is 0.333. The van der Waals surface area contributed by atoms with Crippen LogP contribution < -0.4 is 10.6 Å². The van der Waals surface area contributed by atoms with Crippen LogP contribution in [0, 0.1) is 0 Å². The van der Waals surface area contributed by atoms with Gasteiger partial charge in [-0.15, -0.1) is 0 Å². The van der Waals surface area contributed by atoms with Crippen LogP contribution >= 0.6 is 0 Å². The van der Waals surface area contributed by atoms with Gasteiger partial charge in [-0.1, -0.05) is 18.2 Å². The van der Waals surface area contributed by atoms with Crippen molar-refractivity contribution in [3.63, 3.8) is 0 Å². The highest BCUT2D eigenvalue weighted by Crippen LogP contribution is 2.21. The Hall–Kier alpha value is -3.06. The molecule has 0 bridgehead atoms. The van der Waals surface area contributed by atoms with E-state index >= 15 is 0 Å². The van der Waals surface area contributed by atoms with Gasteiger partial charge in [-0.2, -0.15) is 5.10 Å². The summed E-state index contributed by atoms with van der Waals surface area (Å²) in [4.78, 5) is 4.49. The number of hydrogen-bond acceptors (Lipinski definition) is 4. The van der Waals surface area contributed by atoms with Crippen LogP contribution in [0.4, 0.5) is 0 Å². The lowest BCUT2D eigenvalue weighted by molar-refractivity contribution is 0.0437. The molecule has 0 aliphatic rings. The van der Waals surface area contributed by atoms with E-state index in [1.54, 1.807) is 25.3 Å². The number of guanidine groups is 1. The smallest absolute Gasteiger partial charge is 0.191 e. The molecule has 3 rings (SSSR count). The molecule has 2 heterocycles. The van der Waals surface area contributed by atoms with Crippen molar-refractivity contribution in [1.82, 2.24) is 20.4 Å². The Balaban J connectivity index is 1.54. The number of furan rings is 1. The van der Waals surface area contributed by atoms with E-state index < -0.39 is 5.60 Å². The molecular formula is C21H27N5O2. The van der Waals surface area contributed by atoms with E-state index in [9.17, 15) is 5.11 Å². The fourth-order valence-electron chi connectivity index (χ4n) is 2.77. The van der Waals surface area contributed by atoms with Gasteiger partial charge in [0.25, 0.3) is 0 Å². The molecule has 0 radical (unpaired) electrons. The maximum absolute atomic E-state index is 10.5. The van der Waals surface area contributed by atoms with Crippen LogP contribution in [0.15, 0.2) is 70.5 Å². The molecule has 1 unspecified atom stereocenters. The monoisotopic (exact) mass is 381 g/mol. The van der Waals surface area contributed by atoms with E-state index in [1.165, 1.54) is 0 Å². The summed E-state index contributed by atoms with van der Waals surface area (Å²) in [6.45, 7) is 5.33. The fourth-order valence-corrected chi connectivity index (χ4v) is 2.77. The molecule has 148 valence electrons. The van der Waals surface area contributed by atoms with E-state index in [1.807, 2.05) is 54.3 Å². The van der Waals surface area contributed by atoms with Crippen molar-refractivity contribution >= 4 is 5.96 Å². The zero-order valence-corrected chi connectivity index (χ0v) is 16.3. The number of aliphatic hydroxyl groups is 1. The van der Waals surface area contributed by atoms with Crippen LogP contribution in [-0.4, -0.2) is 40.5 Å². The standard InChI is InChI=1S/C21H27N5O2/c1-3-22-20(24-16-21(2,27)19-10-7-13-28-19)23-12-11-17-14-25-26(15-17)18-8-5-4-6-9-18/h4-10,13-15,27H,3,11-12,16H2,1-2H3,(H2,22,23,24). The number of aromatic nitrogens is 2. The summed E-state index contributed by atoms with van der Waals surface area (Å²) in [6, 6.07) is 13.5. The normalized spacial score (nSPS) is 13.9. The van der Waals surface area contributed by atoms with Crippen molar-refractivity contribution in [3.05, 3.63) is 72.4 Å². The largest absolute Gasteiger partial charge is 0.466 e. The molecule has 3 N–H and O–H groups in total. The molecule has 1 aromatic carbocycles. The van der Waals surface area contributed by atoms with Crippen LogP contribution in [0.1, 0.15) is 25.2 Å². The third kappa shape index (κ3) is 5.23. The number of nitrogens with one attached hydrogen (secondary N) is 2. The first-order valence-corrected chi connectivity index (χ1v) is 9.46. The summed E-state index contributed by atoms with van der Waals surface area (Å²) in [5, 5.41) is 21.4. The third-order valence-electron chi connectivity index (χ3n) is 4.30. The Morgan fingerprint density at radius 1 is 1.21 bits per heavy atom. The number of para-hydroxylation sites is 1. The first-order valence-electron chi connectivity index (χ1n) is 9.46. The molecule has 28 heavy (non-hydrogen) atoms. The lowest BCUT2D eigenvalue weighted by Gasteiger charge is -2.19. The molecule has 3 aromatic rings. The number of nitrogens with zero attached hydrogens (tertiary/aromatic N) is 3. The molecule has 0 fully saturated rings. The molecule has 0 saturated carbocycles. The second-order valence-electron chi connectivity index (χ2n) is 6.75. The van der Waals surface area contributed by atoms with Gasteiger partial charge in [0.05, 0.1) is 24.7 Å². The Kier molecular flexibility index (Phi) is 6.49. The van der Waals surface area contributed by atoms with Crippen molar-refractivity contribution in [1.29, 1.82) is 0 Å². The highest BCUT2D eigenvalue weighted by atomic mass is 16.4. The van der Waals surface area contributed by atoms with E-state index in [0.717, 1.165) is 24.2 Å². The van der Waals surface area contributed by atoms with Crippen LogP contribution in [0.25, 0.3) is 5.69 Å². The highest BCUT2D eigenvalue weighted by molar-refractivity contribution is 5.79. The third-order valence-corrected chi connectivity index (χ3v) is 4.30. The van der Waals surface area contributed by atoms with E-state index in [-0.39, 0.29) is 6.54 Å². The second-order valence-corrected chi connectivity index (χ2v) is 6.75. The summed E-state index contributed by atoms with van der Waals surface area (Å²) < 4.78 is 7.17. The highest BCUT2D eigenvalue weighted by Gasteiger charge is 2.26.